The molecule has 190 valence electrons. The smallest absolute Gasteiger partial charge is 0.262 e. The molecule has 4 aromatic rings. The third-order valence-corrected chi connectivity index (χ3v) is 6.62. The monoisotopic (exact) mass is 518 g/mol. The zero-order chi connectivity index (χ0) is 26.5. The first kappa shape index (κ1) is 26.1. The van der Waals surface area contributed by atoms with Crippen molar-refractivity contribution in [3.05, 3.63) is 106 Å². The van der Waals surface area contributed by atoms with E-state index < -0.39 is 17.9 Å². The standard InChI is InChI=1S/C29H28ClFN4O2/c1-18(2)27(33-28(36)22-12-5-7-13-24(22)30)29(37)34-32-16-23-19(3)35(26-15-9-6-11-21(23)26)17-20-10-4-8-14-25(20)31/h4-16,18,27H,17H2,1-3H3,(H,33,36)(H,34,37)/b32-16-. The maximum atomic E-state index is 14.3. The molecule has 0 saturated carbocycles. The summed E-state index contributed by atoms with van der Waals surface area (Å²) < 4.78 is 16.4. The third-order valence-electron chi connectivity index (χ3n) is 6.29. The van der Waals surface area contributed by atoms with Gasteiger partial charge in [0, 0.05) is 27.7 Å². The molecule has 3 aromatic carbocycles. The van der Waals surface area contributed by atoms with E-state index in [9.17, 15) is 14.0 Å². The SMILES string of the molecule is Cc1c(/C=N\NC(=O)C(NC(=O)c2ccccc2Cl)C(C)C)c2ccccc2n1Cc1ccccc1F. The van der Waals surface area contributed by atoms with Crippen LogP contribution in [0, 0.1) is 18.7 Å². The van der Waals surface area contributed by atoms with Gasteiger partial charge in [0.2, 0.25) is 0 Å². The molecule has 1 unspecified atom stereocenters. The van der Waals surface area contributed by atoms with Crippen LogP contribution in [-0.2, 0) is 11.3 Å². The van der Waals surface area contributed by atoms with Gasteiger partial charge in [0.05, 0.1) is 23.3 Å². The zero-order valence-electron chi connectivity index (χ0n) is 20.8. The van der Waals surface area contributed by atoms with Crippen molar-refractivity contribution in [3.63, 3.8) is 0 Å². The minimum absolute atomic E-state index is 0.189. The van der Waals surface area contributed by atoms with Gasteiger partial charge in [0.1, 0.15) is 11.9 Å². The van der Waals surface area contributed by atoms with Crippen molar-refractivity contribution in [2.75, 3.05) is 0 Å². The summed E-state index contributed by atoms with van der Waals surface area (Å²) in [7, 11) is 0. The molecule has 0 radical (unpaired) electrons. The largest absolute Gasteiger partial charge is 0.340 e. The quantitative estimate of drug-likeness (QED) is 0.232. The Morgan fingerprint density at radius 1 is 1.03 bits per heavy atom. The van der Waals surface area contributed by atoms with Crippen LogP contribution >= 0.6 is 11.6 Å². The highest BCUT2D eigenvalue weighted by Crippen LogP contribution is 2.26. The molecule has 6 nitrogen and oxygen atoms in total. The number of hydrogen-bond acceptors (Lipinski definition) is 3. The van der Waals surface area contributed by atoms with Gasteiger partial charge in [-0.25, -0.2) is 9.82 Å². The Balaban J connectivity index is 1.54. The molecule has 2 N–H and O–H groups in total. The second-order valence-corrected chi connectivity index (χ2v) is 9.51. The minimum atomic E-state index is -0.815. The van der Waals surface area contributed by atoms with Crippen molar-refractivity contribution in [3.8, 4) is 0 Å². The van der Waals surface area contributed by atoms with Gasteiger partial charge in [-0.3, -0.25) is 9.59 Å². The van der Waals surface area contributed by atoms with Gasteiger partial charge in [0.25, 0.3) is 11.8 Å². The van der Waals surface area contributed by atoms with E-state index >= 15 is 0 Å². The molecule has 0 aliphatic heterocycles. The highest BCUT2D eigenvalue weighted by Gasteiger charge is 2.25. The van der Waals surface area contributed by atoms with E-state index in [1.54, 1.807) is 42.6 Å². The van der Waals surface area contributed by atoms with Crippen LogP contribution in [0.5, 0.6) is 0 Å². The molecule has 1 aromatic heterocycles. The first-order valence-corrected chi connectivity index (χ1v) is 12.3. The van der Waals surface area contributed by atoms with Gasteiger partial charge in [-0.05, 0) is 37.1 Å². The second kappa shape index (κ2) is 11.4. The lowest BCUT2D eigenvalue weighted by Crippen LogP contribution is -2.48. The summed E-state index contributed by atoms with van der Waals surface area (Å²) in [5, 5.41) is 8.19. The first-order chi connectivity index (χ1) is 17.8. The van der Waals surface area contributed by atoms with Gasteiger partial charge in [0.15, 0.2) is 0 Å². The molecule has 37 heavy (non-hydrogen) atoms. The van der Waals surface area contributed by atoms with E-state index in [1.165, 1.54) is 6.07 Å². The zero-order valence-corrected chi connectivity index (χ0v) is 21.6. The number of nitrogens with one attached hydrogen (secondary N) is 2. The number of nitrogens with zero attached hydrogens (tertiary/aromatic N) is 2. The van der Waals surface area contributed by atoms with Crippen molar-refractivity contribution >= 4 is 40.5 Å². The molecule has 4 rings (SSSR count). The molecule has 8 heteroatoms. The highest BCUT2D eigenvalue weighted by molar-refractivity contribution is 6.33. The number of carbonyl (C=O) groups excluding carboxylic acids is 2. The molecule has 0 bridgehead atoms. The van der Waals surface area contributed by atoms with Crippen molar-refractivity contribution in [1.82, 2.24) is 15.3 Å². The maximum Gasteiger partial charge on any atom is 0.262 e. The van der Waals surface area contributed by atoms with E-state index in [0.717, 1.165) is 22.2 Å². The number of carbonyl (C=O) groups is 2. The molecular formula is C29H28ClFN4O2. The normalized spacial score (nSPS) is 12.3. The Hall–Kier alpha value is -3.97. The summed E-state index contributed by atoms with van der Waals surface area (Å²) in [5.41, 5.74) is 6.06. The number of aromatic nitrogens is 1. The van der Waals surface area contributed by atoms with Gasteiger partial charge in [-0.15, -0.1) is 0 Å². The van der Waals surface area contributed by atoms with E-state index in [2.05, 4.69) is 15.8 Å². The topological polar surface area (TPSA) is 75.5 Å². The summed E-state index contributed by atoms with van der Waals surface area (Å²) >= 11 is 6.13. The van der Waals surface area contributed by atoms with E-state index in [4.69, 9.17) is 11.6 Å². The summed E-state index contributed by atoms with van der Waals surface area (Å²) in [6.07, 6.45) is 1.58. The Labute approximate surface area is 220 Å². The lowest BCUT2D eigenvalue weighted by Gasteiger charge is -2.20. The molecular weight excluding hydrogens is 491 g/mol. The summed E-state index contributed by atoms with van der Waals surface area (Å²) in [5.74, 6) is -1.33. The minimum Gasteiger partial charge on any atom is -0.340 e. The van der Waals surface area contributed by atoms with Gasteiger partial charge >= 0.3 is 0 Å². The van der Waals surface area contributed by atoms with Crippen LogP contribution in [0.25, 0.3) is 10.9 Å². The molecule has 0 fully saturated rings. The number of hydrogen-bond donors (Lipinski definition) is 2. The lowest BCUT2D eigenvalue weighted by atomic mass is 10.0. The van der Waals surface area contributed by atoms with Gasteiger partial charge in [-0.1, -0.05) is 74.0 Å². The number of hydrazone groups is 1. The molecule has 0 saturated heterocycles. The Kier molecular flexibility index (Phi) is 8.04. The van der Waals surface area contributed by atoms with Crippen LogP contribution in [0.1, 0.15) is 41.0 Å². The van der Waals surface area contributed by atoms with E-state index in [-0.39, 0.29) is 11.7 Å². The lowest BCUT2D eigenvalue weighted by molar-refractivity contribution is -0.123. The molecule has 0 aliphatic rings. The van der Waals surface area contributed by atoms with Crippen LogP contribution in [0.3, 0.4) is 0 Å². The van der Waals surface area contributed by atoms with Crippen LogP contribution in [0.2, 0.25) is 5.02 Å². The fourth-order valence-electron chi connectivity index (χ4n) is 4.25. The number of amides is 2. The number of para-hydroxylation sites is 1. The van der Waals surface area contributed by atoms with Gasteiger partial charge in [-0.2, -0.15) is 5.10 Å². The van der Waals surface area contributed by atoms with Crippen molar-refractivity contribution in [2.45, 2.75) is 33.4 Å². The fraction of sp³-hybridized carbons (Fsp3) is 0.207. The molecule has 1 atom stereocenters. The number of fused-ring (bicyclic) bond motifs is 1. The van der Waals surface area contributed by atoms with Crippen LogP contribution in [0.15, 0.2) is 77.9 Å². The average molecular weight is 519 g/mol. The van der Waals surface area contributed by atoms with Gasteiger partial charge < -0.3 is 9.88 Å². The van der Waals surface area contributed by atoms with E-state index in [1.807, 2.05) is 55.7 Å². The van der Waals surface area contributed by atoms with Crippen molar-refractivity contribution in [2.24, 2.45) is 11.0 Å². The van der Waals surface area contributed by atoms with E-state index in [0.29, 0.717) is 22.7 Å². The second-order valence-electron chi connectivity index (χ2n) is 9.10. The summed E-state index contributed by atoms with van der Waals surface area (Å²) in [6, 6.07) is 20.3. The number of halogens is 2. The summed E-state index contributed by atoms with van der Waals surface area (Å²) in [4.78, 5) is 25.6. The average Bonchev–Trinajstić information content (AvgIpc) is 3.14. The Morgan fingerprint density at radius 3 is 2.43 bits per heavy atom. The molecule has 1 heterocycles. The summed E-state index contributed by atoms with van der Waals surface area (Å²) in [6.45, 7) is 5.97. The number of rotatable bonds is 8. The molecule has 2 amide bonds. The molecule has 0 spiro atoms. The Bertz CT molecular complexity index is 1480. The molecule has 0 aliphatic carbocycles. The predicted octanol–water partition coefficient (Wildman–Crippen LogP) is 5.70. The number of benzene rings is 3. The maximum absolute atomic E-state index is 14.3. The van der Waals surface area contributed by atoms with Crippen LogP contribution < -0.4 is 10.7 Å². The van der Waals surface area contributed by atoms with Crippen LogP contribution in [-0.4, -0.2) is 28.6 Å². The highest BCUT2D eigenvalue weighted by atomic mass is 35.5. The third kappa shape index (κ3) is 5.73. The predicted molar refractivity (Wildman–Crippen MR) is 145 cm³/mol. The fourth-order valence-corrected chi connectivity index (χ4v) is 4.47. The van der Waals surface area contributed by atoms with Crippen molar-refractivity contribution < 1.29 is 14.0 Å². The van der Waals surface area contributed by atoms with Crippen molar-refractivity contribution in [1.29, 1.82) is 0 Å². The first-order valence-electron chi connectivity index (χ1n) is 12.0. The van der Waals surface area contributed by atoms with Crippen LogP contribution in [0.4, 0.5) is 4.39 Å². The Morgan fingerprint density at radius 2 is 1.70 bits per heavy atom.